The molecule has 0 nitrogen and oxygen atoms in total. The van der Waals surface area contributed by atoms with E-state index in [1.54, 1.807) is 0 Å². The smallest absolute Gasteiger partial charge is 0.0105 e. The lowest BCUT2D eigenvalue weighted by Gasteiger charge is -2.12. The molecule has 0 atom stereocenters. The molecule has 5 rings (SSSR count). The van der Waals surface area contributed by atoms with Crippen molar-refractivity contribution in [3.8, 4) is 22.3 Å². The molecule has 0 heteroatoms. The lowest BCUT2D eigenvalue weighted by Crippen LogP contribution is -1.87. The van der Waals surface area contributed by atoms with Crippen LogP contribution in [0.25, 0.3) is 43.8 Å². The summed E-state index contributed by atoms with van der Waals surface area (Å²) in [6, 6.07) is 37.2. The first-order chi connectivity index (χ1) is 13.3. The van der Waals surface area contributed by atoms with E-state index < -0.39 is 0 Å². The van der Waals surface area contributed by atoms with Crippen molar-refractivity contribution in [1.29, 1.82) is 0 Å². The second-order valence-corrected chi connectivity index (χ2v) is 7.14. The lowest BCUT2D eigenvalue weighted by atomic mass is 9.92. The van der Waals surface area contributed by atoms with Crippen molar-refractivity contribution in [2.45, 2.75) is 6.92 Å². The van der Waals surface area contributed by atoms with Gasteiger partial charge < -0.3 is 0 Å². The number of fused-ring (bicyclic) bond motifs is 2. The summed E-state index contributed by atoms with van der Waals surface area (Å²) in [4.78, 5) is 0. The SMILES string of the molecule is Cc1cc(-c2cccc3ccccc23)cc(-c2cccc3ccccc23)c1. The van der Waals surface area contributed by atoms with Crippen LogP contribution in [0, 0.1) is 6.92 Å². The third kappa shape index (κ3) is 2.80. The summed E-state index contributed by atoms with van der Waals surface area (Å²) in [5.41, 5.74) is 6.41. The van der Waals surface area contributed by atoms with Gasteiger partial charge in [-0.1, -0.05) is 97.1 Å². The molecule has 5 aromatic rings. The van der Waals surface area contributed by atoms with Crippen molar-refractivity contribution in [2.24, 2.45) is 0 Å². The van der Waals surface area contributed by atoms with Gasteiger partial charge in [0.1, 0.15) is 0 Å². The van der Waals surface area contributed by atoms with Gasteiger partial charge in [-0.3, -0.25) is 0 Å². The lowest BCUT2D eigenvalue weighted by molar-refractivity contribution is 1.47. The molecule has 5 aromatic carbocycles. The molecule has 0 N–H and O–H groups in total. The molecule has 0 amide bonds. The fourth-order valence-corrected chi connectivity index (χ4v) is 4.05. The zero-order valence-electron chi connectivity index (χ0n) is 15.3. The van der Waals surface area contributed by atoms with Crippen LogP contribution in [0.4, 0.5) is 0 Å². The van der Waals surface area contributed by atoms with Crippen molar-refractivity contribution in [1.82, 2.24) is 0 Å². The van der Waals surface area contributed by atoms with Gasteiger partial charge in [-0.05, 0) is 62.4 Å². The Balaban J connectivity index is 1.76. The largest absolute Gasteiger partial charge is 0.0616 e. The maximum absolute atomic E-state index is 2.33. The molecule has 0 saturated carbocycles. The van der Waals surface area contributed by atoms with Gasteiger partial charge in [0.25, 0.3) is 0 Å². The second kappa shape index (κ2) is 6.41. The standard InChI is InChI=1S/C27H20/c1-19-16-22(26-14-6-10-20-8-2-4-12-24(20)26)18-23(17-19)27-15-7-11-21-9-3-5-13-25(21)27/h2-18H,1H3. The predicted octanol–water partition coefficient (Wildman–Crippen LogP) is 7.64. The third-order valence-corrected chi connectivity index (χ3v) is 5.28. The zero-order chi connectivity index (χ0) is 18.2. The first kappa shape index (κ1) is 15.8. The topological polar surface area (TPSA) is 0 Å². The average molecular weight is 344 g/mol. The molecule has 0 aliphatic carbocycles. The van der Waals surface area contributed by atoms with Crippen LogP contribution in [-0.4, -0.2) is 0 Å². The van der Waals surface area contributed by atoms with Gasteiger partial charge in [0, 0.05) is 0 Å². The van der Waals surface area contributed by atoms with Crippen molar-refractivity contribution < 1.29 is 0 Å². The summed E-state index contributed by atoms with van der Waals surface area (Å²) in [7, 11) is 0. The molecule has 27 heavy (non-hydrogen) atoms. The van der Waals surface area contributed by atoms with Crippen LogP contribution in [0.5, 0.6) is 0 Å². The fourth-order valence-electron chi connectivity index (χ4n) is 4.05. The minimum absolute atomic E-state index is 1.27. The molecule has 0 aromatic heterocycles. The van der Waals surface area contributed by atoms with Crippen LogP contribution in [0.3, 0.4) is 0 Å². The Morgan fingerprint density at radius 2 is 0.889 bits per heavy atom. The molecular formula is C27H20. The molecule has 0 bridgehead atoms. The maximum Gasteiger partial charge on any atom is -0.0105 e. The van der Waals surface area contributed by atoms with Crippen LogP contribution in [-0.2, 0) is 0 Å². The van der Waals surface area contributed by atoms with E-state index in [1.165, 1.54) is 49.4 Å². The van der Waals surface area contributed by atoms with E-state index in [0.29, 0.717) is 0 Å². The summed E-state index contributed by atoms with van der Waals surface area (Å²) in [6.45, 7) is 2.18. The summed E-state index contributed by atoms with van der Waals surface area (Å²) in [5.74, 6) is 0. The average Bonchev–Trinajstić information content (AvgIpc) is 2.72. The van der Waals surface area contributed by atoms with Crippen molar-refractivity contribution in [3.63, 3.8) is 0 Å². The first-order valence-corrected chi connectivity index (χ1v) is 9.37. The quantitative estimate of drug-likeness (QED) is 0.309. The van der Waals surface area contributed by atoms with Gasteiger partial charge in [0.15, 0.2) is 0 Å². The first-order valence-electron chi connectivity index (χ1n) is 9.37. The Hall–Kier alpha value is -3.38. The molecule has 0 heterocycles. The second-order valence-electron chi connectivity index (χ2n) is 7.14. The summed E-state index contributed by atoms with van der Waals surface area (Å²) in [6.07, 6.45) is 0. The predicted molar refractivity (Wildman–Crippen MR) is 117 cm³/mol. The summed E-state index contributed by atoms with van der Waals surface area (Å²) < 4.78 is 0. The summed E-state index contributed by atoms with van der Waals surface area (Å²) >= 11 is 0. The molecule has 0 saturated heterocycles. The molecule has 128 valence electrons. The molecule has 0 fully saturated rings. The van der Waals surface area contributed by atoms with Crippen LogP contribution < -0.4 is 0 Å². The summed E-state index contributed by atoms with van der Waals surface area (Å²) in [5, 5.41) is 5.16. The molecular weight excluding hydrogens is 324 g/mol. The van der Waals surface area contributed by atoms with Crippen molar-refractivity contribution in [2.75, 3.05) is 0 Å². The Kier molecular flexibility index (Phi) is 3.76. The van der Waals surface area contributed by atoms with E-state index in [1.807, 2.05) is 0 Å². The van der Waals surface area contributed by atoms with Gasteiger partial charge in [-0.15, -0.1) is 0 Å². The van der Waals surface area contributed by atoms with Crippen LogP contribution >= 0.6 is 0 Å². The number of rotatable bonds is 2. The molecule has 0 aliphatic rings. The van der Waals surface area contributed by atoms with Gasteiger partial charge in [0.2, 0.25) is 0 Å². The van der Waals surface area contributed by atoms with Crippen molar-refractivity contribution in [3.05, 3.63) is 109 Å². The number of hydrogen-bond acceptors (Lipinski definition) is 0. The third-order valence-electron chi connectivity index (χ3n) is 5.28. The van der Waals surface area contributed by atoms with E-state index in [2.05, 4.69) is 110 Å². The van der Waals surface area contributed by atoms with Crippen LogP contribution in [0.2, 0.25) is 0 Å². The maximum atomic E-state index is 2.33. The van der Waals surface area contributed by atoms with E-state index in [-0.39, 0.29) is 0 Å². The molecule has 0 unspecified atom stereocenters. The number of benzene rings is 5. The Labute approximate surface area is 159 Å². The molecule has 0 spiro atoms. The van der Waals surface area contributed by atoms with Crippen LogP contribution in [0.1, 0.15) is 5.56 Å². The highest BCUT2D eigenvalue weighted by Gasteiger charge is 2.09. The van der Waals surface area contributed by atoms with Gasteiger partial charge in [0.05, 0.1) is 0 Å². The number of hydrogen-bond donors (Lipinski definition) is 0. The Bertz CT molecular complexity index is 1170. The Morgan fingerprint density at radius 3 is 1.41 bits per heavy atom. The van der Waals surface area contributed by atoms with Gasteiger partial charge in [-0.25, -0.2) is 0 Å². The highest BCUT2D eigenvalue weighted by Crippen LogP contribution is 2.35. The molecule has 0 radical (unpaired) electrons. The van der Waals surface area contributed by atoms with E-state index in [9.17, 15) is 0 Å². The van der Waals surface area contributed by atoms with E-state index in [4.69, 9.17) is 0 Å². The zero-order valence-corrected chi connectivity index (χ0v) is 15.3. The van der Waals surface area contributed by atoms with E-state index in [0.717, 1.165) is 0 Å². The minimum Gasteiger partial charge on any atom is -0.0616 e. The van der Waals surface area contributed by atoms with E-state index >= 15 is 0 Å². The minimum atomic E-state index is 1.27. The van der Waals surface area contributed by atoms with Gasteiger partial charge >= 0.3 is 0 Å². The van der Waals surface area contributed by atoms with Crippen molar-refractivity contribution >= 4 is 21.5 Å². The highest BCUT2D eigenvalue weighted by molar-refractivity contribution is 6.00. The molecule has 0 aliphatic heterocycles. The highest BCUT2D eigenvalue weighted by atomic mass is 14.1. The Morgan fingerprint density at radius 1 is 0.444 bits per heavy atom. The van der Waals surface area contributed by atoms with Crippen LogP contribution in [0.15, 0.2) is 103 Å². The van der Waals surface area contributed by atoms with Gasteiger partial charge in [-0.2, -0.15) is 0 Å². The number of aryl methyl sites for hydroxylation is 1. The monoisotopic (exact) mass is 344 g/mol. The normalized spacial score (nSPS) is 11.1. The fraction of sp³-hybridized carbons (Fsp3) is 0.0370.